The van der Waals surface area contributed by atoms with E-state index in [-0.39, 0.29) is 11.3 Å². The second-order valence-electron chi connectivity index (χ2n) is 5.63. The zero-order chi connectivity index (χ0) is 17.5. The highest BCUT2D eigenvalue weighted by Crippen LogP contribution is 2.18. The van der Waals surface area contributed by atoms with Gasteiger partial charge in [0.2, 0.25) is 0 Å². The van der Waals surface area contributed by atoms with Gasteiger partial charge in [-0.25, -0.2) is 4.79 Å². The molecule has 122 valence electrons. The van der Waals surface area contributed by atoms with Crippen LogP contribution in [0.2, 0.25) is 0 Å². The molecule has 0 aliphatic rings. The van der Waals surface area contributed by atoms with E-state index >= 15 is 0 Å². The van der Waals surface area contributed by atoms with Crippen LogP contribution in [0.25, 0.3) is 0 Å². The van der Waals surface area contributed by atoms with Gasteiger partial charge in [-0.3, -0.25) is 14.9 Å². The predicted molar refractivity (Wildman–Crippen MR) is 84.2 cm³/mol. The molecule has 0 aliphatic carbocycles. The van der Waals surface area contributed by atoms with Gasteiger partial charge in [0.15, 0.2) is 6.29 Å². The topological polar surface area (TPSA) is 98.5 Å². The molecule has 0 bridgehead atoms. The maximum atomic E-state index is 11.4. The fourth-order valence-electron chi connectivity index (χ4n) is 1.59. The van der Waals surface area contributed by atoms with Gasteiger partial charge in [0, 0.05) is 24.6 Å². The number of aldehydes is 1. The van der Waals surface area contributed by atoms with Gasteiger partial charge in [-0.05, 0) is 32.9 Å². The van der Waals surface area contributed by atoms with Gasteiger partial charge in [-0.1, -0.05) is 11.8 Å². The van der Waals surface area contributed by atoms with Gasteiger partial charge in [0.1, 0.15) is 5.60 Å². The van der Waals surface area contributed by atoms with Gasteiger partial charge in [0.25, 0.3) is 5.69 Å². The van der Waals surface area contributed by atoms with E-state index in [2.05, 4.69) is 17.2 Å². The number of carbonyl (C=O) groups excluding carboxylic acids is 2. The van der Waals surface area contributed by atoms with Crippen molar-refractivity contribution in [1.29, 1.82) is 0 Å². The third-order valence-corrected chi connectivity index (χ3v) is 2.51. The monoisotopic (exact) mass is 318 g/mol. The highest BCUT2D eigenvalue weighted by atomic mass is 16.6. The molecule has 1 aromatic rings. The molecule has 0 atom stereocenters. The lowest BCUT2D eigenvalue weighted by Crippen LogP contribution is -2.32. The lowest BCUT2D eigenvalue weighted by Gasteiger charge is -2.19. The summed E-state index contributed by atoms with van der Waals surface area (Å²) in [7, 11) is 0. The van der Waals surface area contributed by atoms with Gasteiger partial charge >= 0.3 is 6.09 Å². The summed E-state index contributed by atoms with van der Waals surface area (Å²) in [5, 5.41) is 13.4. The van der Waals surface area contributed by atoms with Crippen LogP contribution in [0.5, 0.6) is 0 Å². The molecule has 0 aliphatic heterocycles. The summed E-state index contributed by atoms with van der Waals surface area (Å²) in [5.74, 6) is 5.54. The van der Waals surface area contributed by atoms with Gasteiger partial charge < -0.3 is 10.1 Å². The molecule has 0 radical (unpaired) electrons. The molecule has 1 N–H and O–H groups in total. The number of hydrogen-bond acceptors (Lipinski definition) is 5. The van der Waals surface area contributed by atoms with Crippen LogP contribution in [0.3, 0.4) is 0 Å². The molecule has 0 unspecified atom stereocenters. The van der Waals surface area contributed by atoms with Crippen LogP contribution in [-0.4, -0.2) is 29.4 Å². The van der Waals surface area contributed by atoms with Crippen molar-refractivity contribution >= 4 is 18.1 Å². The number of nitro benzene ring substituents is 1. The van der Waals surface area contributed by atoms with E-state index in [1.807, 2.05) is 0 Å². The molecular formula is C16H18N2O5. The SMILES string of the molecule is CC(C)(C)OC(=O)NCCC#Cc1ccc(C=O)c([N+](=O)[O-])c1. The molecular weight excluding hydrogens is 300 g/mol. The minimum atomic E-state index is -0.626. The Kier molecular flexibility index (Phi) is 6.27. The first-order chi connectivity index (χ1) is 10.7. The van der Waals surface area contributed by atoms with E-state index in [0.29, 0.717) is 24.8 Å². The fourth-order valence-corrected chi connectivity index (χ4v) is 1.59. The average molecular weight is 318 g/mol. The summed E-state index contributed by atoms with van der Waals surface area (Å²) < 4.78 is 5.06. The Hall–Kier alpha value is -2.88. The summed E-state index contributed by atoms with van der Waals surface area (Å²) in [6.45, 7) is 5.60. The minimum Gasteiger partial charge on any atom is -0.444 e. The van der Waals surface area contributed by atoms with Crippen LogP contribution in [0.15, 0.2) is 18.2 Å². The molecule has 7 heteroatoms. The number of ether oxygens (including phenoxy) is 1. The number of nitrogens with zero attached hydrogens (tertiary/aromatic N) is 1. The molecule has 0 aromatic heterocycles. The Morgan fingerprint density at radius 2 is 2.13 bits per heavy atom. The molecule has 23 heavy (non-hydrogen) atoms. The Balaban J connectivity index is 2.57. The van der Waals surface area contributed by atoms with E-state index < -0.39 is 16.6 Å². The third-order valence-electron chi connectivity index (χ3n) is 2.51. The van der Waals surface area contributed by atoms with E-state index in [0.717, 1.165) is 0 Å². The van der Waals surface area contributed by atoms with Crippen LogP contribution in [0.4, 0.5) is 10.5 Å². The first-order valence-electron chi connectivity index (χ1n) is 6.92. The van der Waals surface area contributed by atoms with Crippen molar-refractivity contribution in [3.8, 4) is 11.8 Å². The molecule has 1 rings (SSSR count). The molecule has 1 aromatic carbocycles. The number of rotatable bonds is 4. The highest BCUT2D eigenvalue weighted by molar-refractivity contribution is 5.81. The van der Waals surface area contributed by atoms with Crippen LogP contribution < -0.4 is 5.32 Å². The van der Waals surface area contributed by atoms with Gasteiger partial charge in [0.05, 0.1) is 10.5 Å². The Morgan fingerprint density at radius 1 is 1.43 bits per heavy atom. The molecule has 0 saturated carbocycles. The van der Waals surface area contributed by atoms with Crippen molar-refractivity contribution in [3.05, 3.63) is 39.4 Å². The van der Waals surface area contributed by atoms with Crippen molar-refractivity contribution in [2.75, 3.05) is 6.54 Å². The molecule has 0 fully saturated rings. The lowest BCUT2D eigenvalue weighted by atomic mass is 10.1. The van der Waals surface area contributed by atoms with Crippen LogP contribution in [0.1, 0.15) is 43.1 Å². The zero-order valence-electron chi connectivity index (χ0n) is 13.2. The van der Waals surface area contributed by atoms with Crippen LogP contribution in [0, 0.1) is 22.0 Å². The summed E-state index contributed by atoms with van der Waals surface area (Å²) in [6, 6.07) is 4.14. The number of nitrogens with one attached hydrogen (secondary N) is 1. The van der Waals surface area contributed by atoms with Crippen molar-refractivity contribution in [2.45, 2.75) is 32.8 Å². The first kappa shape index (κ1) is 18.2. The minimum absolute atomic E-state index is 0.00661. The number of alkyl carbamates (subject to hydrolysis) is 1. The third kappa shape index (κ3) is 6.61. The molecule has 0 spiro atoms. The van der Waals surface area contributed by atoms with Gasteiger partial charge in [-0.15, -0.1) is 0 Å². The van der Waals surface area contributed by atoms with Crippen molar-refractivity contribution < 1.29 is 19.2 Å². The molecule has 7 nitrogen and oxygen atoms in total. The first-order valence-corrected chi connectivity index (χ1v) is 6.92. The lowest BCUT2D eigenvalue weighted by molar-refractivity contribution is -0.385. The summed E-state index contributed by atoms with van der Waals surface area (Å²) in [4.78, 5) is 32.3. The van der Waals surface area contributed by atoms with E-state index in [1.54, 1.807) is 20.8 Å². The second-order valence-corrected chi connectivity index (χ2v) is 5.63. The summed E-state index contributed by atoms with van der Waals surface area (Å²) >= 11 is 0. The predicted octanol–water partition coefficient (Wildman–Crippen LogP) is 2.67. The fraction of sp³-hybridized carbons (Fsp3) is 0.375. The molecule has 0 saturated heterocycles. The standard InChI is InChI=1S/C16H18N2O5/c1-16(2,3)23-15(20)17-9-5-4-6-12-7-8-13(11-19)14(10-12)18(21)22/h7-8,10-11H,5,9H2,1-3H3,(H,17,20). The molecule has 0 heterocycles. The number of nitro groups is 1. The number of benzene rings is 1. The Bertz CT molecular complexity index is 665. The molecule has 1 amide bonds. The van der Waals surface area contributed by atoms with Crippen molar-refractivity contribution in [2.24, 2.45) is 0 Å². The van der Waals surface area contributed by atoms with E-state index in [4.69, 9.17) is 4.74 Å². The number of hydrogen-bond donors (Lipinski definition) is 1. The normalized spacial score (nSPS) is 10.2. The Morgan fingerprint density at radius 3 is 2.70 bits per heavy atom. The maximum Gasteiger partial charge on any atom is 0.407 e. The highest BCUT2D eigenvalue weighted by Gasteiger charge is 2.15. The quantitative estimate of drug-likeness (QED) is 0.302. The van der Waals surface area contributed by atoms with E-state index in [9.17, 15) is 19.7 Å². The van der Waals surface area contributed by atoms with Crippen molar-refractivity contribution in [3.63, 3.8) is 0 Å². The smallest absolute Gasteiger partial charge is 0.407 e. The van der Waals surface area contributed by atoms with E-state index in [1.165, 1.54) is 18.2 Å². The Labute approximate surface area is 134 Å². The maximum absolute atomic E-state index is 11.4. The second kappa shape index (κ2) is 7.94. The van der Waals surface area contributed by atoms with Crippen molar-refractivity contribution in [1.82, 2.24) is 5.32 Å². The van der Waals surface area contributed by atoms with Crippen LogP contribution in [-0.2, 0) is 4.74 Å². The average Bonchev–Trinajstić information content (AvgIpc) is 2.44. The number of amides is 1. The van der Waals surface area contributed by atoms with Gasteiger partial charge in [-0.2, -0.15) is 0 Å². The number of carbonyl (C=O) groups is 2. The zero-order valence-corrected chi connectivity index (χ0v) is 13.2. The largest absolute Gasteiger partial charge is 0.444 e. The summed E-state index contributed by atoms with van der Waals surface area (Å²) in [6.07, 6.45) is 0.271. The summed E-state index contributed by atoms with van der Waals surface area (Å²) in [5.41, 5.74) is -0.403. The van der Waals surface area contributed by atoms with Crippen LogP contribution >= 0.6 is 0 Å².